The highest BCUT2D eigenvalue weighted by Gasteiger charge is 2.37. The van der Waals surface area contributed by atoms with Crippen LogP contribution in [0.3, 0.4) is 0 Å². The minimum absolute atomic E-state index is 0.143. The summed E-state index contributed by atoms with van der Waals surface area (Å²) < 4.78 is 11.0. The highest BCUT2D eigenvalue weighted by Crippen LogP contribution is 2.35. The molecule has 0 spiro atoms. The highest BCUT2D eigenvalue weighted by atomic mass is 16.6. The molecule has 1 saturated heterocycles. The van der Waals surface area contributed by atoms with Gasteiger partial charge in [-0.3, -0.25) is 25.0 Å². The molecule has 0 radical (unpaired) electrons. The van der Waals surface area contributed by atoms with Crippen LogP contribution in [0.4, 0.5) is 16.2 Å². The number of methoxy groups -OCH3 is 1. The van der Waals surface area contributed by atoms with Crippen molar-refractivity contribution in [2.24, 2.45) is 0 Å². The number of barbiturate groups is 1. The van der Waals surface area contributed by atoms with E-state index < -0.39 is 22.8 Å². The Balaban J connectivity index is 1.66. The lowest BCUT2D eigenvalue weighted by molar-refractivity contribution is -0.384. The predicted octanol–water partition coefficient (Wildman–Crippen LogP) is 4.09. The average molecular weight is 461 g/mol. The van der Waals surface area contributed by atoms with Crippen LogP contribution in [0.5, 0.6) is 5.75 Å². The molecular weight excluding hydrogens is 442 g/mol. The van der Waals surface area contributed by atoms with Gasteiger partial charge in [0.1, 0.15) is 22.8 Å². The molecule has 4 amide bonds. The fraction of sp³-hybridized carbons (Fsp3) is 0.125. The minimum atomic E-state index is -0.845. The summed E-state index contributed by atoms with van der Waals surface area (Å²) in [6, 6.07) is 13.2. The highest BCUT2D eigenvalue weighted by molar-refractivity contribution is 6.39. The lowest BCUT2D eigenvalue weighted by Crippen LogP contribution is -2.54. The molecule has 10 nitrogen and oxygen atoms in total. The van der Waals surface area contributed by atoms with Crippen molar-refractivity contribution in [1.29, 1.82) is 0 Å². The second-order valence-electron chi connectivity index (χ2n) is 7.32. The first-order valence-electron chi connectivity index (χ1n) is 10.3. The van der Waals surface area contributed by atoms with Crippen molar-refractivity contribution < 1.29 is 28.5 Å². The van der Waals surface area contributed by atoms with E-state index in [9.17, 15) is 24.5 Å². The van der Waals surface area contributed by atoms with E-state index in [1.165, 1.54) is 37.5 Å². The molecule has 0 aliphatic carbocycles. The lowest BCUT2D eigenvalue weighted by atomic mass is 10.1. The molecule has 2 heterocycles. The Bertz CT molecular complexity index is 1340. The van der Waals surface area contributed by atoms with Crippen LogP contribution in [-0.2, 0) is 16.0 Å². The van der Waals surface area contributed by atoms with E-state index in [2.05, 4.69) is 5.32 Å². The van der Waals surface area contributed by atoms with Crippen molar-refractivity contribution in [2.45, 2.75) is 13.3 Å². The Morgan fingerprint density at radius 3 is 2.47 bits per heavy atom. The number of aryl methyl sites for hydroxylation is 1. The van der Waals surface area contributed by atoms with E-state index in [1.54, 1.807) is 30.3 Å². The summed E-state index contributed by atoms with van der Waals surface area (Å²) in [6.45, 7) is 1.98. The van der Waals surface area contributed by atoms with Crippen molar-refractivity contribution in [3.05, 3.63) is 81.6 Å². The normalized spacial score (nSPS) is 14.9. The molecule has 2 aromatic carbocycles. The Hall–Kier alpha value is -4.73. The van der Waals surface area contributed by atoms with Gasteiger partial charge in [0, 0.05) is 6.07 Å². The lowest BCUT2D eigenvalue weighted by Gasteiger charge is -2.26. The number of urea groups is 1. The van der Waals surface area contributed by atoms with E-state index >= 15 is 0 Å². The second kappa shape index (κ2) is 9.02. The van der Waals surface area contributed by atoms with E-state index in [-0.39, 0.29) is 22.8 Å². The summed E-state index contributed by atoms with van der Waals surface area (Å²) in [5, 5.41) is 13.2. The zero-order chi connectivity index (χ0) is 24.4. The minimum Gasteiger partial charge on any atom is -0.496 e. The average Bonchev–Trinajstić information content (AvgIpc) is 3.30. The first kappa shape index (κ1) is 22.5. The number of rotatable bonds is 6. The number of imide groups is 2. The van der Waals surface area contributed by atoms with Gasteiger partial charge in [0.25, 0.3) is 17.5 Å². The van der Waals surface area contributed by atoms with Gasteiger partial charge >= 0.3 is 6.03 Å². The largest absolute Gasteiger partial charge is 0.496 e. The topological polar surface area (TPSA) is 132 Å². The molecule has 1 aliphatic heterocycles. The van der Waals surface area contributed by atoms with Gasteiger partial charge < -0.3 is 9.15 Å². The van der Waals surface area contributed by atoms with Gasteiger partial charge in [-0.15, -0.1) is 0 Å². The number of nitrogens with one attached hydrogen (secondary N) is 1. The number of carbonyl (C=O) groups is 3. The van der Waals surface area contributed by atoms with E-state index in [0.717, 1.165) is 16.9 Å². The maximum absolute atomic E-state index is 13.0. The van der Waals surface area contributed by atoms with Gasteiger partial charge in [0.2, 0.25) is 0 Å². The zero-order valence-corrected chi connectivity index (χ0v) is 18.2. The Labute approximate surface area is 193 Å². The molecule has 0 unspecified atom stereocenters. The van der Waals surface area contributed by atoms with Crippen molar-refractivity contribution in [2.75, 3.05) is 12.0 Å². The molecule has 1 aliphatic rings. The van der Waals surface area contributed by atoms with Gasteiger partial charge in [0.05, 0.1) is 29.4 Å². The third-order valence-corrected chi connectivity index (χ3v) is 5.28. The third kappa shape index (κ3) is 4.16. The van der Waals surface area contributed by atoms with Gasteiger partial charge in [-0.05, 0) is 48.4 Å². The SMILES string of the molecule is CCc1ccc(N2C(=O)NC(=O)/C(=C/c3ccc(-c4ccc([N+](=O)[O-])cc4OC)o3)C2=O)cc1. The third-order valence-electron chi connectivity index (χ3n) is 5.28. The molecule has 0 saturated carbocycles. The molecular formula is C24H19N3O7. The molecule has 1 N–H and O–H groups in total. The van der Waals surface area contributed by atoms with Gasteiger partial charge in [-0.1, -0.05) is 19.1 Å². The Morgan fingerprint density at radius 2 is 1.82 bits per heavy atom. The number of amides is 4. The first-order valence-corrected chi connectivity index (χ1v) is 10.3. The number of carbonyl (C=O) groups excluding carboxylic acids is 3. The summed E-state index contributed by atoms with van der Waals surface area (Å²) in [6.07, 6.45) is 2.03. The van der Waals surface area contributed by atoms with Crippen LogP contribution in [0.2, 0.25) is 0 Å². The molecule has 34 heavy (non-hydrogen) atoms. The summed E-state index contributed by atoms with van der Waals surface area (Å²) in [4.78, 5) is 49.2. The number of nitrogens with zero attached hydrogens (tertiary/aromatic N) is 2. The van der Waals surface area contributed by atoms with Crippen molar-refractivity contribution in [1.82, 2.24) is 5.32 Å². The van der Waals surface area contributed by atoms with Gasteiger partial charge in [-0.25, -0.2) is 9.69 Å². The standard InChI is InChI=1S/C24H19N3O7/c1-3-14-4-6-15(7-5-14)26-23(29)19(22(28)25-24(26)30)13-17-9-11-20(34-17)18-10-8-16(27(31)32)12-21(18)33-2/h4-13H,3H2,1-2H3,(H,25,28,30)/b19-13-. The van der Waals surface area contributed by atoms with Crippen LogP contribution in [0, 0.1) is 10.1 Å². The van der Waals surface area contributed by atoms with E-state index in [0.29, 0.717) is 17.0 Å². The summed E-state index contributed by atoms with van der Waals surface area (Å²) in [5.74, 6) is -0.928. The molecule has 4 rings (SSSR count). The Morgan fingerprint density at radius 1 is 1.09 bits per heavy atom. The number of anilines is 1. The monoisotopic (exact) mass is 461 g/mol. The summed E-state index contributed by atoms with van der Waals surface area (Å²) >= 11 is 0. The van der Waals surface area contributed by atoms with Crippen molar-refractivity contribution >= 4 is 35.3 Å². The van der Waals surface area contributed by atoms with Crippen molar-refractivity contribution in [3.8, 4) is 17.1 Å². The number of furan rings is 1. The number of ether oxygens (including phenoxy) is 1. The second-order valence-corrected chi connectivity index (χ2v) is 7.32. The van der Waals surface area contributed by atoms with Crippen LogP contribution < -0.4 is 15.0 Å². The summed E-state index contributed by atoms with van der Waals surface area (Å²) in [5.41, 5.74) is 1.38. The number of nitro groups is 1. The van der Waals surface area contributed by atoms with E-state index in [1.807, 2.05) is 6.92 Å². The molecule has 3 aromatic rings. The number of benzene rings is 2. The van der Waals surface area contributed by atoms with Crippen LogP contribution >= 0.6 is 0 Å². The molecule has 10 heteroatoms. The number of nitro benzene ring substituents is 1. The first-order chi connectivity index (χ1) is 16.3. The molecule has 0 atom stereocenters. The van der Waals surface area contributed by atoms with Gasteiger partial charge in [0.15, 0.2) is 0 Å². The zero-order valence-electron chi connectivity index (χ0n) is 18.2. The van der Waals surface area contributed by atoms with Crippen molar-refractivity contribution in [3.63, 3.8) is 0 Å². The number of non-ortho nitro benzene ring substituents is 1. The molecule has 1 aromatic heterocycles. The van der Waals surface area contributed by atoms with E-state index in [4.69, 9.17) is 9.15 Å². The smallest absolute Gasteiger partial charge is 0.335 e. The number of hydrogen-bond acceptors (Lipinski definition) is 7. The molecule has 0 bridgehead atoms. The summed E-state index contributed by atoms with van der Waals surface area (Å²) in [7, 11) is 1.37. The van der Waals surface area contributed by atoms with Crippen LogP contribution in [0.15, 0.2) is 64.6 Å². The number of hydrogen-bond donors (Lipinski definition) is 1. The Kier molecular flexibility index (Phi) is 5.96. The fourth-order valence-electron chi connectivity index (χ4n) is 3.49. The van der Waals surface area contributed by atoms with Crippen LogP contribution in [0.25, 0.3) is 17.4 Å². The van der Waals surface area contributed by atoms with Gasteiger partial charge in [-0.2, -0.15) is 0 Å². The maximum atomic E-state index is 13.0. The molecule has 1 fully saturated rings. The fourth-order valence-corrected chi connectivity index (χ4v) is 3.49. The van der Waals surface area contributed by atoms with Crippen LogP contribution in [-0.4, -0.2) is 29.9 Å². The predicted molar refractivity (Wildman–Crippen MR) is 122 cm³/mol. The van der Waals surface area contributed by atoms with Crippen LogP contribution in [0.1, 0.15) is 18.2 Å². The maximum Gasteiger partial charge on any atom is 0.335 e. The molecule has 172 valence electrons. The quantitative estimate of drug-likeness (QED) is 0.253.